The van der Waals surface area contributed by atoms with Crippen molar-refractivity contribution in [2.24, 2.45) is 0 Å². The van der Waals surface area contributed by atoms with Crippen LogP contribution in [0.25, 0.3) is 0 Å². The van der Waals surface area contributed by atoms with Crippen molar-refractivity contribution in [1.82, 2.24) is 0 Å². The summed E-state index contributed by atoms with van der Waals surface area (Å²) in [6, 6.07) is 7.31. The first-order valence-corrected chi connectivity index (χ1v) is 6.15. The van der Waals surface area contributed by atoms with Crippen molar-refractivity contribution in [3.8, 4) is 11.8 Å². The molecular weight excluding hydrogens is 242 g/mol. The van der Waals surface area contributed by atoms with Gasteiger partial charge in [0.25, 0.3) is 0 Å². The molecule has 0 aliphatic rings. The van der Waals surface area contributed by atoms with E-state index < -0.39 is 0 Å². The number of methoxy groups -OCH3 is 1. The van der Waals surface area contributed by atoms with E-state index in [4.69, 9.17) is 10.00 Å². The molecule has 0 radical (unpaired) electrons. The molecule has 0 bridgehead atoms. The zero-order chi connectivity index (χ0) is 14.4. The van der Waals surface area contributed by atoms with Gasteiger partial charge in [-0.05, 0) is 32.0 Å². The van der Waals surface area contributed by atoms with E-state index in [1.807, 2.05) is 24.8 Å². The minimum absolute atomic E-state index is 0.132. The number of nitriles is 1. The molecule has 1 atom stereocenters. The molecule has 5 heteroatoms. The molecule has 0 aromatic heterocycles. The first-order chi connectivity index (χ1) is 9.03. The topological polar surface area (TPSA) is 65.4 Å². The van der Waals surface area contributed by atoms with Gasteiger partial charge >= 0.3 is 0 Å². The van der Waals surface area contributed by atoms with Gasteiger partial charge in [-0.25, -0.2) is 0 Å². The third-order valence-electron chi connectivity index (χ3n) is 2.80. The Bertz CT molecular complexity index is 494. The van der Waals surface area contributed by atoms with Crippen LogP contribution in [0.15, 0.2) is 18.2 Å². The van der Waals surface area contributed by atoms with Crippen LogP contribution in [-0.2, 0) is 4.79 Å². The third kappa shape index (κ3) is 3.62. The summed E-state index contributed by atoms with van der Waals surface area (Å²) in [5.74, 6) is 0.547. The maximum atomic E-state index is 11.1. The van der Waals surface area contributed by atoms with Crippen molar-refractivity contribution in [3.63, 3.8) is 0 Å². The smallest absolute Gasteiger partial charge is 0.221 e. The Kier molecular flexibility index (Phi) is 5.19. The number of hydrogen-bond acceptors (Lipinski definition) is 4. The summed E-state index contributed by atoms with van der Waals surface area (Å²) >= 11 is 0. The van der Waals surface area contributed by atoms with Crippen LogP contribution in [0.1, 0.15) is 20.8 Å². The highest BCUT2D eigenvalue weighted by Crippen LogP contribution is 2.32. The average molecular weight is 261 g/mol. The number of nitrogens with one attached hydrogen (secondary N) is 1. The summed E-state index contributed by atoms with van der Waals surface area (Å²) < 4.78 is 5.32. The zero-order valence-electron chi connectivity index (χ0n) is 11.7. The van der Waals surface area contributed by atoms with Gasteiger partial charge in [-0.1, -0.05) is 0 Å². The predicted octanol–water partition coefficient (Wildman–Crippen LogP) is 2.39. The van der Waals surface area contributed by atoms with Gasteiger partial charge in [0.05, 0.1) is 18.9 Å². The third-order valence-corrected chi connectivity index (χ3v) is 2.80. The molecule has 0 spiro atoms. The number of rotatable bonds is 5. The van der Waals surface area contributed by atoms with Crippen LogP contribution >= 0.6 is 0 Å². The summed E-state index contributed by atoms with van der Waals surface area (Å²) in [6.45, 7) is 5.93. The fourth-order valence-electron chi connectivity index (χ4n) is 1.92. The lowest BCUT2D eigenvalue weighted by Crippen LogP contribution is -2.32. The second-order valence-corrected chi connectivity index (χ2v) is 4.16. The lowest BCUT2D eigenvalue weighted by atomic mass is 10.2. The molecular formula is C14H19N3O2. The number of ether oxygens (including phenoxy) is 1. The molecule has 0 fully saturated rings. The van der Waals surface area contributed by atoms with E-state index in [-0.39, 0.29) is 11.9 Å². The van der Waals surface area contributed by atoms with Gasteiger partial charge in [0.15, 0.2) is 0 Å². The normalized spacial score (nSPS) is 11.3. The molecule has 1 aromatic rings. The Morgan fingerprint density at radius 3 is 2.74 bits per heavy atom. The molecule has 19 heavy (non-hydrogen) atoms. The molecule has 1 N–H and O–H groups in total. The molecule has 1 aromatic carbocycles. The van der Waals surface area contributed by atoms with Crippen molar-refractivity contribution >= 4 is 17.3 Å². The number of hydrogen-bond donors (Lipinski definition) is 1. The number of nitrogens with zero attached hydrogens (tertiary/aromatic N) is 2. The van der Waals surface area contributed by atoms with E-state index in [1.165, 1.54) is 6.92 Å². The van der Waals surface area contributed by atoms with E-state index in [9.17, 15) is 4.79 Å². The Morgan fingerprint density at radius 1 is 1.58 bits per heavy atom. The second-order valence-electron chi connectivity index (χ2n) is 4.16. The van der Waals surface area contributed by atoms with Gasteiger partial charge in [0.1, 0.15) is 11.8 Å². The van der Waals surface area contributed by atoms with Gasteiger partial charge in [-0.3, -0.25) is 4.79 Å². The predicted molar refractivity (Wildman–Crippen MR) is 75.4 cm³/mol. The standard InChI is InChI=1S/C14H19N3O2/c1-5-17(10(2)9-15)13-8-12(16-11(3)18)6-7-14(13)19-4/h6-8,10H,5H2,1-4H3,(H,16,18). The lowest BCUT2D eigenvalue weighted by molar-refractivity contribution is -0.114. The number of carbonyl (C=O) groups is 1. The van der Waals surface area contributed by atoms with E-state index in [2.05, 4.69) is 11.4 Å². The summed E-state index contributed by atoms with van der Waals surface area (Å²) in [4.78, 5) is 13.0. The van der Waals surface area contributed by atoms with Gasteiger partial charge in [0.2, 0.25) is 5.91 Å². The molecule has 1 rings (SSSR count). The van der Waals surface area contributed by atoms with Crippen LogP contribution in [-0.4, -0.2) is 25.6 Å². The van der Waals surface area contributed by atoms with E-state index in [0.29, 0.717) is 18.0 Å². The number of amides is 1. The highest BCUT2D eigenvalue weighted by molar-refractivity contribution is 5.89. The Labute approximate surface area is 113 Å². The van der Waals surface area contributed by atoms with Crippen molar-refractivity contribution in [1.29, 1.82) is 5.26 Å². The quantitative estimate of drug-likeness (QED) is 0.883. The van der Waals surface area contributed by atoms with Gasteiger partial charge in [-0.15, -0.1) is 0 Å². The zero-order valence-corrected chi connectivity index (χ0v) is 11.7. The van der Waals surface area contributed by atoms with Crippen molar-refractivity contribution in [2.45, 2.75) is 26.8 Å². The SMILES string of the molecule is CCN(c1cc(NC(C)=O)ccc1OC)C(C)C#N. The second kappa shape index (κ2) is 6.64. The highest BCUT2D eigenvalue weighted by Gasteiger charge is 2.17. The molecule has 0 saturated heterocycles. The lowest BCUT2D eigenvalue weighted by Gasteiger charge is -2.27. The fraction of sp³-hybridized carbons (Fsp3) is 0.429. The Hall–Kier alpha value is -2.22. The molecule has 0 saturated carbocycles. The maximum absolute atomic E-state index is 11.1. The Morgan fingerprint density at radius 2 is 2.26 bits per heavy atom. The van der Waals surface area contributed by atoms with Crippen molar-refractivity contribution in [2.75, 3.05) is 23.9 Å². The number of benzene rings is 1. The summed E-state index contributed by atoms with van der Waals surface area (Å²) in [7, 11) is 1.59. The fourth-order valence-corrected chi connectivity index (χ4v) is 1.92. The summed E-state index contributed by atoms with van der Waals surface area (Å²) in [5.41, 5.74) is 1.48. The van der Waals surface area contributed by atoms with E-state index in [1.54, 1.807) is 19.2 Å². The molecule has 0 heterocycles. The van der Waals surface area contributed by atoms with Gasteiger partial charge in [-0.2, -0.15) is 5.26 Å². The Balaban J connectivity index is 3.21. The van der Waals surface area contributed by atoms with Crippen molar-refractivity contribution < 1.29 is 9.53 Å². The minimum atomic E-state index is -0.272. The maximum Gasteiger partial charge on any atom is 0.221 e. The van der Waals surface area contributed by atoms with E-state index >= 15 is 0 Å². The van der Waals surface area contributed by atoms with Crippen LogP contribution in [0.3, 0.4) is 0 Å². The average Bonchev–Trinajstić information content (AvgIpc) is 2.39. The van der Waals surface area contributed by atoms with Crippen LogP contribution in [0.5, 0.6) is 5.75 Å². The number of anilines is 2. The van der Waals surface area contributed by atoms with E-state index in [0.717, 1.165) is 5.69 Å². The summed E-state index contributed by atoms with van der Waals surface area (Å²) in [5, 5.41) is 11.8. The van der Waals surface area contributed by atoms with Crippen LogP contribution in [0.2, 0.25) is 0 Å². The molecule has 102 valence electrons. The van der Waals surface area contributed by atoms with Crippen LogP contribution in [0, 0.1) is 11.3 Å². The van der Waals surface area contributed by atoms with Crippen LogP contribution in [0.4, 0.5) is 11.4 Å². The van der Waals surface area contributed by atoms with Gasteiger partial charge in [0, 0.05) is 19.2 Å². The first-order valence-electron chi connectivity index (χ1n) is 6.15. The monoisotopic (exact) mass is 261 g/mol. The highest BCUT2D eigenvalue weighted by atomic mass is 16.5. The molecule has 1 unspecified atom stereocenters. The van der Waals surface area contributed by atoms with Crippen LogP contribution < -0.4 is 15.0 Å². The molecule has 5 nitrogen and oxygen atoms in total. The minimum Gasteiger partial charge on any atom is -0.495 e. The summed E-state index contributed by atoms with van der Waals surface area (Å²) in [6.07, 6.45) is 0. The van der Waals surface area contributed by atoms with Crippen molar-refractivity contribution in [3.05, 3.63) is 18.2 Å². The first kappa shape index (κ1) is 14.8. The molecule has 0 aliphatic carbocycles. The molecule has 0 aliphatic heterocycles. The number of carbonyl (C=O) groups excluding carboxylic acids is 1. The largest absolute Gasteiger partial charge is 0.495 e. The molecule has 1 amide bonds. The van der Waals surface area contributed by atoms with Gasteiger partial charge < -0.3 is 15.0 Å².